The first-order valence-corrected chi connectivity index (χ1v) is 7.18. The van der Waals surface area contributed by atoms with Crippen molar-refractivity contribution in [2.24, 2.45) is 0 Å². The number of carboxylic acids is 2. The zero-order valence-corrected chi connectivity index (χ0v) is 13.2. The third-order valence-corrected chi connectivity index (χ3v) is 5.15. The molecule has 0 aliphatic carbocycles. The van der Waals surface area contributed by atoms with Crippen molar-refractivity contribution in [2.75, 3.05) is 14.1 Å². The van der Waals surface area contributed by atoms with Gasteiger partial charge < -0.3 is 15.1 Å². The van der Waals surface area contributed by atoms with Crippen LogP contribution in [0.15, 0.2) is 41.7 Å². The highest BCUT2D eigenvalue weighted by atomic mass is 79.9. The van der Waals surface area contributed by atoms with Gasteiger partial charge in [0, 0.05) is 28.5 Å². The number of benzene rings is 1. The summed E-state index contributed by atoms with van der Waals surface area (Å²) in [5, 5.41) is 18.4. The fourth-order valence-electron chi connectivity index (χ4n) is 2.69. The molecule has 1 aromatic carbocycles. The number of carbonyl (C=O) groups is 2. The Morgan fingerprint density at radius 1 is 1.24 bits per heavy atom. The van der Waals surface area contributed by atoms with Crippen molar-refractivity contribution in [1.29, 1.82) is 0 Å². The Balaban J connectivity index is 2.54. The van der Waals surface area contributed by atoms with Crippen molar-refractivity contribution in [3.63, 3.8) is 0 Å². The van der Waals surface area contributed by atoms with E-state index in [0.717, 1.165) is 5.56 Å². The number of quaternary nitrogens is 1. The van der Waals surface area contributed by atoms with E-state index in [9.17, 15) is 19.8 Å². The van der Waals surface area contributed by atoms with E-state index in [-0.39, 0.29) is 15.9 Å². The summed E-state index contributed by atoms with van der Waals surface area (Å²) in [6.07, 6.45) is 0. The Morgan fingerprint density at radius 3 is 2.29 bits per heavy atom. The molecule has 2 unspecified atom stereocenters. The lowest BCUT2D eigenvalue weighted by atomic mass is 10.2. The van der Waals surface area contributed by atoms with Gasteiger partial charge in [-0.15, -0.1) is 0 Å². The van der Waals surface area contributed by atoms with Gasteiger partial charge in [0.05, 0.1) is 7.05 Å². The molecule has 0 radical (unpaired) electrons. The summed E-state index contributed by atoms with van der Waals surface area (Å²) in [6, 6.07) is 9.39. The van der Waals surface area contributed by atoms with Gasteiger partial charge in [0.2, 0.25) is 5.08 Å². The molecule has 21 heavy (non-hydrogen) atoms. The highest BCUT2D eigenvalue weighted by molar-refractivity contribution is 9.09. The first-order chi connectivity index (χ1) is 9.79. The summed E-state index contributed by atoms with van der Waals surface area (Å²) in [4.78, 5) is 24.5. The molecular formula is C14H16BrN2O4+. The summed E-state index contributed by atoms with van der Waals surface area (Å²) in [5.41, 5.74) is 0.613. The van der Waals surface area contributed by atoms with Crippen molar-refractivity contribution in [2.45, 2.75) is 11.6 Å². The Bertz CT molecular complexity index is 617. The van der Waals surface area contributed by atoms with Crippen molar-refractivity contribution >= 4 is 27.9 Å². The fourth-order valence-corrected chi connectivity index (χ4v) is 3.25. The van der Waals surface area contributed by atoms with Gasteiger partial charge in [0.25, 0.3) is 5.70 Å². The zero-order chi connectivity index (χ0) is 15.8. The third-order valence-electron chi connectivity index (χ3n) is 3.64. The first kappa shape index (κ1) is 15.5. The minimum atomic E-state index is -1.24. The maximum atomic E-state index is 11.6. The predicted molar refractivity (Wildman–Crippen MR) is 79.1 cm³/mol. The predicted octanol–water partition coefficient (Wildman–Crippen LogP) is 1.64. The van der Waals surface area contributed by atoms with Crippen LogP contribution in [0.1, 0.15) is 5.56 Å². The van der Waals surface area contributed by atoms with Gasteiger partial charge in [-0.2, -0.15) is 0 Å². The molecule has 0 saturated heterocycles. The van der Waals surface area contributed by atoms with Gasteiger partial charge in [-0.3, -0.25) is 4.48 Å². The second kappa shape index (κ2) is 5.50. The summed E-state index contributed by atoms with van der Waals surface area (Å²) in [5.74, 6) is -2.46. The van der Waals surface area contributed by atoms with Gasteiger partial charge >= 0.3 is 11.9 Å². The first-order valence-electron chi connectivity index (χ1n) is 6.26. The molecule has 1 aromatic rings. The number of aliphatic carboxylic acids is 2. The zero-order valence-electron chi connectivity index (χ0n) is 11.7. The highest BCUT2D eigenvalue weighted by Crippen LogP contribution is 2.39. The number of rotatable bonds is 4. The highest BCUT2D eigenvalue weighted by Gasteiger charge is 2.53. The van der Waals surface area contributed by atoms with Gasteiger partial charge in [-0.05, 0) is 0 Å². The monoisotopic (exact) mass is 355 g/mol. The van der Waals surface area contributed by atoms with Crippen molar-refractivity contribution < 1.29 is 24.3 Å². The van der Waals surface area contributed by atoms with E-state index in [2.05, 4.69) is 15.9 Å². The molecule has 0 fully saturated rings. The molecule has 0 spiro atoms. The van der Waals surface area contributed by atoms with Gasteiger partial charge in [0.15, 0.2) is 5.70 Å². The number of likely N-dealkylation sites (N-methyl/N-ethyl adjacent to an activating group) is 2. The van der Waals surface area contributed by atoms with Gasteiger partial charge in [-0.25, -0.2) is 9.59 Å². The molecule has 2 atom stereocenters. The average Bonchev–Trinajstić information content (AvgIpc) is 2.61. The molecule has 6 nitrogen and oxygen atoms in total. The number of alkyl halides is 1. The summed E-state index contributed by atoms with van der Waals surface area (Å²) in [6.45, 7) is 0.375. The lowest BCUT2D eigenvalue weighted by Crippen LogP contribution is -2.49. The summed E-state index contributed by atoms with van der Waals surface area (Å²) >= 11 is 3.43. The number of hydrogen-bond acceptors (Lipinski definition) is 3. The van der Waals surface area contributed by atoms with Crippen molar-refractivity contribution in [3.05, 3.63) is 47.3 Å². The molecule has 0 bridgehead atoms. The van der Waals surface area contributed by atoms with Crippen LogP contribution < -0.4 is 0 Å². The normalized spacial score (nSPS) is 25.3. The topological polar surface area (TPSA) is 77.8 Å². The van der Waals surface area contributed by atoms with E-state index in [0.29, 0.717) is 6.54 Å². The molecule has 1 aliphatic heterocycles. The SMILES string of the molecule is CN1C(C(=O)O)=C(C(=O)O)[N+](C)(Cc2ccccc2)C1Br. The Morgan fingerprint density at radius 2 is 1.81 bits per heavy atom. The molecule has 0 amide bonds. The van der Waals surface area contributed by atoms with Crippen LogP contribution in [0.5, 0.6) is 0 Å². The molecule has 0 saturated carbocycles. The lowest BCUT2D eigenvalue weighted by molar-refractivity contribution is -0.892. The number of hydrogen-bond donors (Lipinski definition) is 2. The lowest BCUT2D eigenvalue weighted by Gasteiger charge is -2.34. The molecule has 7 heteroatoms. The number of nitrogens with zero attached hydrogens (tertiary/aromatic N) is 2. The second-order valence-corrected chi connectivity index (χ2v) is 5.96. The van der Waals surface area contributed by atoms with Crippen LogP contribution in [0, 0.1) is 0 Å². The largest absolute Gasteiger partial charge is 0.476 e. The number of carboxylic acid groups (broad SMARTS) is 2. The Labute approximate surface area is 130 Å². The molecular weight excluding hydrogens is 340 g/mol. The van der Waals surface area contributed by atoms with Crippen molar-refractivity contribution in [3.8, 4) is 0 Å². The maximum Gasteiger partial charge on any atom is 0.393 e. The van der Waals surface area contributed by atoms with Crippen LogP contribution in [-0.4, -0.2) is 50.7 Å². The van der Waals surface area contributed by atoms with Gasteiger partial charge in [0.1, 0.15) is 6.54 Å². The van der Waals surface area contributed by atoms with Gasteiger partial charge in [-0.1, -0.05) is 30.3 Å². The smallest absolute Gasteiger partial charge is 0.393 e. The summed E-state index contributed by atoms with van der Waals surface area (Å²) in [7, 11) is 3.28. The van der Waals surface area contributed by atoms with Crippen LogP contribution >= 0.6 is 15.9 Å². The molecule has 1 heterocycles. The molecule has 112 valence electrons. The van der Waals surface area contributed by atoms with Crippen LogP contribution in [0.2, 0.25) is 0 Å². The van der Waals surface area contributed by atoms with E-state index in [1.807, 2.05) is 30.3 Å². The molecule has 0 aromatic heterocycles. The average molecular weight is 356 g/mol. The third kappa shape index (κ3) is 2.54. The van der Waals surface area contributed by atoms with Crippen LogP contribution in [0.4, 0.5) is 0 Å². The Hall–Kier alpha value is -1.86. The van der Waals surface area contributed by atoms with E-state index in [1.165, 1.54) is 4.90 Å². The summed E-state index contributed by atoms with van der Waals surface area (Å²) < 4.78 is -0.0581. The minimum absolute atomic E-state index is 0.0581. The maximum absolute atomic E-state index is 11.6. The van der Waals surface area contributed by atoms with Crippen LogP contribution in [0.25, 0.3) is 0 Å². The molecule has 2 N–H and O–H groups in total. The van der Waals surface area contributed by atoms with Crippen molar-refractivity contribution in [1.82, 2.24) is 4.90 Å². The van der Waals surface area contributed by atoms with Crippen LogP contribution in [-0.2, 0) is 16.1 Å². The molecule has 2 rings (SSSR count). The number of halogens is 1. The molecule has 1 aliphatic rings. The van der Waals surface area contributed by atoms with E-state index in [1.54, 1.807) is 14.1 Å². The minimum Gasteiger partial charge on any atom is -0.476 e. The second-order valence-electron chi connectivity index (χ2n) is 5.14. The standard InChI is InChI=1S/C14H15BrN2O4/c1-16-10(12(18)19)11(13(20)21)17(2,14(16)15)8-9-6-4-3-5-7-9/h3-7,14H,8H2,1-2H3,(H-,18,19,20,21)/p+1. The van der Waals surface area contributed by atoms with E-state index in [4.69, 9.17) is 0 Å². The van der Waals surface area contributed by atoms with E-state index < -0.39 is 17.0 Å². The quantitative estimate of drug-likeness (QED) is 0.487. The van der Waals surface area contributed by atoms with Crippen LogP contribution in [0.3, 0.4) is 0 Å². The Kier molecular flexibility index (Phi) is 4.06. The van der Waals surface area contributed by atoms with E-state index >= 15 is 0 Å². The fraction of sp³-hybridized carbons (Fsp3) is 0.286.